The maximum absolute atomic E-state index is 12.3. The molecule has 0 spiro atoms. The molecule has 112 valence electrons. The summed E-state index contributed by atoms with van der Waals surface area (Å²) in [7, 11) is 0. The zero-order valence-electron chi connectivity index (χ0n) is 11.9. The molecule has 0 aliphatic heterocycles. The summed E-state index contributed by atoms with van der Waals surface area (Å²) in [5, 5.41) is 2.69. The lowest BCUT2D eigenvalue weighted by molar-refractivity contribution is 0.0936. The van der Waals surface area contributed by atoms with E-state index in [4.69, 9.17) is 4.42 Å². The number of furan rings is 1. The molecule has 1 unspecified atom stereocenters. The van der Waals surface area contributed by atoms with Crippen LogP contribution < -0.4 is 16.6 Å². The minimum absolute atomic E-state index is 0.0222. The third-order valence-electron chi connectivity index (χ3n) is 3.19. The van der Waals surface area contributed by atoms with Crippen LogP contribution in [0.3, 0.4) is 0 Å². The molecule has 1 amide bonds. The van der Waals surface area contributed by atoms with Crippen LogP contribution >= 0.6 is 0 Å². The van der Waals surface area contributed by atoms with Crippen LogP contribution in [0.25, 0.3) is 0 Å². The van der Waals surface area contributed by atoms with Crippen LogP contribution in [-0.2, 0) is 6.54 Å². The molecule has 2 rings (SSSR count). The topological polar surface area (TPSA) is 97.1 Å². The van der Waals surface area contributed by atoms with E-state index >= 15 is 0 Å². The summed E-state index contributed by atoms with van der Waals surface area (Å²) >= 11 is 0. The predicted molar refractivity (Wildman–Crippen MR) is 76.4 cm³/mol. The molecule has 0 radical (unpaired) electrons. The van der Waals surface area contributed by atoms with Gasteiger partial charge in [-0.05, 0) is 25.5 Å². The van der Waals surface area contributed by atoms with Crippen molar-refractivity contribution in [1.82, 2.24) is 14.9 Å². The van der Waals surface area contributed by atoms with Gasteiger partial charge in [0.15, 0.2) is 0 Å². The van der Waals surface area contributed by atoms with Gasteiger partial charge in [-0.15, -0.1) is 0 Å². The van der Waals surface area contributed by atoms with Gasteiger partial charge in [-0.2, -0.15) is 0 Å². The summed E-state index contributed by atoms with van der Waals surface area (Å²) in [5.74, 6) is -0.0409. The van der Waals surface area contributed by atoms with Gasteiger partial charge < -0.3 is 14.7 Å². The SMILES string of the molecule is CCC(C)NC(=O)c1c[nH]c(=O)n(Cc2ccco2)c1=O. The lowest BCUT2D eigenvalue weighted by Gasteiger charge is -2.11. The molecule has 0 aromatic carbocycles. The molecule has 1 atom stereocenters. The Hall–Kier alpha value is -2.57. The molecule has 0 aliphatic carbocycles. The number of aromatic amines is 1. The zero-order valence-corrected chi connectivity index (χ0v) is 11.9. The van der Waals surface area contributed by atoms with E-state index in [2.05, 4.69) is 10.3 Å². The molecule has 0 saturated heterocycles. The highest BCUT2D eigenvalue weighted by Gasteiger charge is 2.16. The monoisotopic (exact) mass is 291 g/mol. The average molecular weight is 291 g/mol. The molecular weight excluding hydrogens is 274 g/mol. The third-order valence-corrected chi connectivity index (χ3v) is 3.19. The van der Waals surface area contributed by atoms with Crippen LogP contribution in [0.15, 0.2) is 38.6 Å². The number of carbonyl (C=O) groups excluding carboxylic acids is 1. The lowest BCUT2D eigenvalue weighted by Crippen LogP contribution is -2.42. The summed E-state index contributed by atoms with van der Waals surface area (Å²) in [5.41, 5.74) is -1.33. The number of hydrogen-bond acceptors (Lipinski definition) is 4. The molecule has 2 N–H and O–H groups in total. The minimum Gasteiger partial charge on any atom is -0.467 e. The number of nitrogens with one attached hydrogen (secondary N) is 2. The predicted octanol–water partition coefficient (Wildman–Crippen LogP) is 0.706. The van der Waals surface area contributed by atoms with Crippen molar-refractivity contribution in [3.05, 3.63) is 56.8 Å². The van der Waals surface area contributed by atoms with E-state index in [1.165, 1.54) is 6.26 Å². The van der Waals surface area contributed by atoms with Crippen LogP contribution in [0.1, 0.15) is 36.4 Å². The number of carbonyl (C=O) groups is 1. The van der Waals surface area contributed by atoms with Crippen molar-refractivity contribution in [1.29, 1.82) is 0 Å². The van der Waals surface area contributed by atoms with Crippen LogP contribution in [0.4, 0.5) is 0 Å². The average Bonchev–Trinajstić information content (AvgIpc) is 2.96. The second kappa shape index (κ2) is 6.25. The maximum atomic E-state index is 12.3. The van der Waals surface area contributed by atoms with Gasteiger partial charge >= 0.3 is 5.69 Å². The molecule has 2 aromatic rings. The second-order valence-electron chi connectivity index (χ2n) is 4.76. The van der Waals surface area contributed by atoms with E-state index in [-0.39, 0.29) is 18.2 Å². The smallest absolute Gasteiger partial charge is 0.328 e. The van der Waals surface area contributed by atoms with E-state index in [9.17, 15) is 14.4 Å². The van der Waals surface area contributed by atoms with Crippen molar-refractivity contribution in [2.75, 3.05) is 0 Å². The standard InChI is InChI=1S/C14H17N3O4/c1-3-9(2)16-12(18)11-7-15-14(20)17(13(11)19)8-10-5-4-6-21-10/h4-7,9H,3,8H2,1-2H3,(H,15,20)(H,16,18). The van der Waals surface area contributed by atoms with Crippen molar-refractivity contribution in [3.63, 3.8) is 0 Å². The Bertz CT molecular complexity index is 727. The molecule has 0 bridgehead atoms. The molecule has 7 nitrogen and oxygen atoms in total. The summed E-state index contributed by atoms with van der Waals surface area (Å²) in [6.07, 6.45) is 3.34. The number of aromatic nitrogens is 2. The molecular formula is C14H17N3O4. The van der Waals surface area contributed by atoms with Crippen LogP contribution in [0.5, 0.6) is 0 Å². The largest absolute Gasteiger partial charge is 0.467 e. The van der Waals surface area contributed by atoms with Crippen LogP contribution in [0.2, 0.25) is 0 Å². The van der Waals surface area contributed by atoms with Crippen molar-refractivity contribution in [2.24, 2.45) is 0 Å². The van der Waals surface area contributed by atoms with Gasteiger partial charge in [-0.25, -0.2) is 4.79 Å². The Morgan fingerprint density at radius 2 is 2.24 bits per heavy atom. The molecule has 2 heterocycles. The van der Waals surface area contributed by atoms with Gasteiger partial charge in [0.1, 0.15) is 11.3 Å². The molecule has 0 fully saturated rings. The Kier molecular flexibility index (Phi) is 4.42. The number of amides is 1. The number of rotatable bonds is 5. The zero-order chi connectivity index (χ0) is 15.4. The Morgan fingerprint density at radius 1 is 1.48 bits per heavy atom. The Balaban J connectivity index is 2.35. The first-order valence-electron chi connectivity index (χ1n) is 6.68. The van der Waals surface area contributed by atoms with Crippen LogP contribution in [0, 0.1) is 0 Å². The fourth-order valence-electron chi connectivity index (χ4n) is 1.78. The van der Waals surface area contributed by atoms with E-state index in [1.807, 2.05) is 13.8 Å². The van der Waals surface area contributed by atoms with Gasteiger partial charge in [-0.3, -0.25) is 14.2 Å². The van der Waals surface area contributed by atoms with Crippen molar-refractivity contribution in [2.45, 2.75) is 32.9 Å². The first-order chi connectivity index (χ1) is 10.0. The first-order valence-corrected chi connectivity index (χ1v) is 6.68. The molecule has 21 heavy (non-hydrogen) atoms. The number of hydrogen-bond donors (Lipinski definition) is 2. The molecule has 7 heteroatoms. The van der Waals surface area contributed by atoms with Gasteiger partial charge in [-0.1, -0.05) is 6.92 Å². The summed E-state index contributed by atoms with van der Waals surface area (Å²) in [6, 6.07) is 3.26. The van der Waals surface area contributed by atoms with E-state index in [0.717, 1.165) is 17.2 Å². The fourth-order valence-corrected chi connectivity index (χ4v) is 1.78. The normalized spacial score (nSPS) is 12.1. The third kappa shape index (κ3) is 3.31. The maximum Gasteiger partial charge on any atom is 0.328 e. The van der Waals surface area contributed by atoms with Crippen molar-refractivity contribution >= 4 is 5.91 Å². The van der Waals surface area contributed by atoms with Crippen molar-refractivity contribution < 1.29 is 9.21 Å². The molecule has 0 aliphatic rings. The highest BCUT2D eigenvalue weighted by Crippen LogP contribution is 2.00. The van der Waals surface area contributed by atoms with E-state index < -0.39 is 17.2 Å². The van der Waals surface area contributed by atoms with Gasteiger partial charge in [0, 0.05) is 12.2 Å². The van der Waals surface area contributed by atoms with E-state index in [1.54, 1.807) is 12.1 Å². The fraction of sp³-hybridized carbons (Fsp3) is 0.357. The second-order valence-corrected chi connectivity index (χ2v) is 4.76. The van der Waals surface area contributed by atoms with Gasteiger partial charge in [0.05, 0.1) is 12.8 Å². The van der Waals surface area contributed by atoms with Crippen molar-refractivity contribution in [3.8, 4) is 0 Å². The quantitative estimate of drug-likeness (QED) is 0.847. The minimum atomic E-state index is -0.643. The summed E-state index contributed by atoms with van der Waals surface area (Å²) in [6.45, 7) is 3.74. The summed E-state index contributed by atoms with van der Waals surface area (Å²) < 4.78 is 6.05. The molecule has 0 saturated carbocycles. The summed E-state index contributed by atoms with van der Waals surface area (Å²) in [4.78, 5) is 38.5. The Morgan fingerprint density at radius 3 is 2.86 bits per heavy atom. The molecule has 2 aromatic heterocycles. The number of H-pyrrole nitrogens is 1. The van der Waals surface area contributed by atoms with Crippen LogP contribution in [-0.4, -0.2) is 21.5 Å². The first kappa shape index (κ1) is 14.8. The Labute approximate surface area is 120 Å². The lowest BCUT2D eigenvalue weighted by atomic mass is 10.2. The van der Waals surface area contributed by atoms with Gasteiger partial charge in [0.25, 0.3) is 11.5 Å². The highest BCUT2D eigenvalue weighted by atomic mass is 16.3. The van der Waals surface area contributed by atoms with Gasteiger partial charge in [0.2, 0.25) is 0 Å². The number of nitrogens with zero attached hydrogens (tertiary/aromatic N) is 1. The highest BCUT2D eigenvalue weighted by molar-refractivity contribution is 5.93. The van der Waals surface area contributed by atoms with E-state index in [0.29, 0.717) is 5.76 Å².